The standard InChI is InChI=1S/C11H18N2O2/c1-7-5-14-11(4,6-12-7)10-8(2)13-9(3)15-10/h7,12H,5-6H2,1-4H3. The molecule has 2 heterocycles. The fourth-order valence-electron chi connectivity index (χ4n) is 1.96. The number of hydrogen-bond acceptors (Lipinski definition) is 4. The number of hydrogen-bond donors (Lipinski definition) is 1. The second-order valence-electron chi connectivity index (χ2n) is 4.47. The van der Waals surface area contributed by atoms with Crippen LogP contribution >= 0.6 is 0 Å². The molecule has 15 heavy (non-hydrogen) atoms. The van der Waals surface area contributed by atoms with Gasteiger partial charge in [0.05, 0.1) is 12.3 Å². The van der Waals surface area contributed by atoms with E-state index in [9.17, 15) is 0 Å². The molecular formula is C11H18N2O2. The Morgan fingerprint density at radius 1 is 1.47 bits per heavy atom. The van der Waals surface area contributed by atoms with Crippen LogP contribution in [0.3, 0.4) is 0 Å². The number of rotatable bonds is 1. The summed E-state index contributed by atoms with van der Waals surface area (Å²) in [7, 11) is 0. The van der Waals surface area contributed by atoms with Gasteiger partial charge in [-0.05, 0) is 20.8 Å². The highest BCUT2D eigenvalue weighted by Crippen LogP contribution is 2.30. The number of nitrogens with one attached hydrogen (secondary N) is 1. The summed E-state index contributed by atoms with van der Waals surface area (Å²) in [5, 5.41) is 3.39. The fraction of sp³-hybridized carbons (Fsp3) is 0.727. The molecule has 4 heteroatoms. The summed E-state index contributed by atoms with van der Waals surface area (Å²) < 4.78 is 11.5. The largest absolute Gasteiger partial charge is 0.443 e. The summed E-state index contributed by atoms with van der Waals surface area (Å²) in [6, 6.07) is 0.405. The normalized spacial score (nSPS) is 31.9. The van der Waals surface area contributed by atoms with Gasteiger partial charge in [0.25, 0.3) is 0 Å². The Kier molecular flexibility index (Phi) is 2.56. The molecule has 0 bridgehead atoms. The van der Waals surface area contributed by atoms with E-state index in [0.717, 1.165) is 18.0 Å². The molecular weight excluding hydrogens is 192 g/mol. The predicted octanol–water partition coefficient (Wildman–Crippen LogP) is 1.51. The molecule has 0 amide bonds. The first-order valence-electron chi connectivity index (χ1n) is 5.33. The molecule has 1 saturated heterocycles. The van der Waals surface area contributed by atoms with Gasteiger partial charge < -0.3 is 14.5 Å². The van der Waals surface area contributed by atoms with Gasteiger partial charge in [0, 0.05) is 19.5 Å². The average Bonchev–Trinajstić information content (AvgIpc) is 2.52. The molecule has 1 fully saturated rings. The van der Waals surface area contributed by atoms with Crippen molar-refractivity contribution >= 4 is 0 Å². The Hall–Kier alpha value is -0.870. The van der Waals surface area contributed by atoms with E-state index in [1.54, 1.807) is 0 Å². The van der Waals surface area contributed by atoms with Crippen molar-refractivity contribution in [1.82, 2.24) is 10.3 Å². The van der Waals surface area contributed by atoms with Crippen LogP contribution in [0.25, 0.3) is 0 Å². The van der Waals surface area contributed by atoms with Crippen LogP contribution in [-0.2, 0) is 10.3 Å². The highest BCUT2D eigenvalue weighted by atomic mass is 16.5. The van der Waals surface area contributed by atoms with E-state index in [0.29, 0.717) is 18.5 Å². The van der Waals surface area contributed by atoms with Crippen LogP contribution in [-0.4, -0.2) is 24.2 Å². The molecule has 1 N–H and O–H groups in total. The fourth-order valence-corrected chi connectivity index (χ4v) is 1.96. The van der Waals surface area contributed by atoms with Crippen molar-refractivity contribution in [1.29, 1.82) is 0 Å². The average molecular weight is 210 g/mol. The summed E-state index contributed by atoms with van der Waals surface area (Å²) in [6.07, 6.45) is 0. The number of aromatic nitrogens is 1. The maximum atomic E-state index is 5.86. The molecule has 2 rings (SSSR count). The van der Waals surface area contributed by atoms with E-state index in [2.05, 4.69) is 17.2 Å². The van der Waals surface area contributed by atoms with Crippen molar-refractivity contribution in [3.05, 3.63) is 17.3 Å². The molecule has 0 aromatic carbocycles. The first kappa shape index (κ1) is 10.6. The quantitative estimate of drug-likeness (QED) is 0.763. The summed E-state index contributed by atoms with van der Waals surface area (Å²) >= 11 is 0. The SMILES string of the molecule is Cc1nc(C)c(C2(C)CNC(C)CO2)o1. The number of aryl methyl sites for hydroxylation is 2. The minimum atomic E-state index is -0.377. The summed E-state index contributed by atoms with van der Waals surface area (Å²) in [5.41, 5.74) is 0.545. The third-order valence-corrected chi connectivity index (χ3v) is 2.82. The summed E-state index contributed by atoms with van der Waals surface area (Å²) in [6.45, 7) is 9.44. The van der Waals surface area contributed by atoms with E-state index in [1.165, 1.54) is 0 Å². The lowest BCUT2D eigenvalue weighted by Gasteiger charge is -2.35. The van der Waals surface area contributed by atoms with Gasteiger partial charge in [-0.3, -0.25) is 0 Å². The van der Waals surface area contributed by atoms with Crippen molar-refractivity contribution in [3.63, 3.8) is 0 Å². The van der Waals surface area contributed by atoms with Crippen LogP contribution in [0.1, 0.15) is 31.2 Å². The molecule has 1 aromatic rings. The first-order valence-corrected chi connectivity index (χ1v) is 5.33. The zero-order valence-corrected chi connectivity index (χ0v) is 9.76. The highest BCUT2D eigenvalue weighted by molar-refractivity contribution is 5.17. The summed E-state index contributed by atoms with van der Waals surface area (Å²) in [4.78, 5) is 4.28. The Labute approximate surface area is 90.0 Å². The van der Waals surface area contributed by atoms with Crippen LogP contribution in [0.2, 0.25) is 0 Å². The lowest BCUT2D eigenvalue weighted by Crippen LogP contribution is -2.50. The van der Waals surface area contributed by atoms with Gasteiger partial charge in [0.15, 0.2) is 11.7 Å². The topological polar surface area (TPSA) is 47.3 Å². The first-order chi connectivity index (χ1) is 7.01. The molecule has 2 atom stereocenters. The van der Waals surface area contributed by atoms with Crippen LogP contribution in [0.5, 0.6) is 0 Å². The molecule has 0 saturated carbocycles. The zero-order valence-electron chi connectivity index (χ0n) is 9.76. The molecule has 4 nitrogen and oxygen atoms in total. The van der Waals surface area contributed by atoms with Gasteiger partial charge in [-0.1, -0.05) is 0 Å². The third kappa shape index (κ3) is 1.92. The molecule has 1 aliphatic rings. The van der Waals surface area contributed by atoms with Gasteiger partial charge >= 0.3 is 0 Å². The maximum absolute atomic E-state index is 5.86. The second-order valence-corrected chi connectivity index (χ2v) is 4.47. The van der Waals surface area contributed by atoms with Crippen LogP contribution < -0.4 is 5.32 Å². The Balaban J connectivity index is 2.25. The van der Waals surface area contributed by atoms with E-state index in [4.69, 9.17) is 9.15 Å². The molecule has 2 unspecified atom stereocenters. The van der Waals surface area contributed by atoms with Gasteiger partial charge in [0.2, 0.25) is 0 Å². The van der Waals surface area contributed by atoms with Crippen molar-refractivity contribution in [2.24, 2.45) is 0 Å². The second kappa shape index (κ2) is 3.61. The van der Waals surface area contributed by atoms with Crippen molar-refractivity contribution in [3.8, 4) is 0 Å². The number of morpholine rings is 1. The van der Waals surface area contributed by atoms with Gasteiger partial charge in [-0.15, -0.1) is 0 Å². The lowest BCUT2D eigenvalue weighted by atomic mass is 9.99. The monoisotopic (exact) mass is 210 g/mol. The van der Waals surface area contributed by atoms with E-state index in [1.807, 2.05) is 20.8 Å². The van der Waals surface area contributed by atoms with Crippen molar-refractivity contribution < 1.29 is 9.15 Å². The Bertz CT molecular complexity index is 351. The van der Waals surface area contributed by atoms with E-state index < -0.39 is 0 Å². The molecule has 1 aliphatic heterocycles. The minimum Gasteiger partial charge on any atom is -0.443 e. The maximum Gasteiger partial charge on any atom is 0.191 e. The van der Waals surface area contributed by atoms with Crippen LogP contribution in [0.4, 0.5) is 0 Å². The molecule has 0 aliphatic carbocycles. The predicted molar refractivity (Wildman–Crippen MR) is 56.7 cm³/mol. The Morgan fingerprint density at radius 2 is 2.20 bits per heavy atom. The summed E-state index contributed by atoms with van der Waals surface area (Å²) in [5.74, 6) is 1.55. The van der Waals surface area contributed by atoms with Gasteiger partial charge in [-0.2, -0.15) is 0 Å². The Morgan fingerprint density at radius 3 is 2.67 bits per heavy atom. The highest BCUT2D eigenvalue weighted by Gasteiger charge is 2.37. The lowest BCUT2D eigenvalue weighted by molar-refractivity contribution is -0.0859. The number of ether oxygens (including phenoxy) is 1. The molecule has 0 radical (unpaired) electrons. The smallest absolute Gasteiger partial charge is 0.191 e. The van der Waals surface area contributed by atoms with Gasteiger partial charge in [0.1, 0.15) is 5.60 Å². The van der Waals surface area contributed by atoms with Crippen molar-refractivity contribution in [2.75, 3.05) is 13.2 Å². The third-order valence-electron chi connectivity index (χ3n) is 2.82. The zero-order chi connectivity index (χ0) is 11.1. The number of nitrogens with zero attached hydrogens (tertiary/aromatic N) is 1. The van der Waals surface area contributed by atoms with Crippen molar-refractivity contribution in [2.45, 2.75) is 39.3 Å². The van der Waals surface area contributed by atoms with Gasteiger partial charge in [-0.25, -0.2) is 4.98 Å². The molecule has 1 aromatic heterocycles. The van der Waals surface area contributed by atoms with Crippen LogP contribution in [0.15, 0.2) is 4.42 Å². The minimum absolute atomic E-state index is 0.377. The molecule has 84 valence electrons. The van der Waals surface area contributed by atoms with E-state index >= 15 is 0 Å². The van der Waals surface area contributed by atoms with Crippen LogP contribution in [0, 0.1) is 13.8 Å². The number of oxazole rings is 1. The van der Waals surface area contributed by atoms with E-state index in [-0.39, 0.29) is 5.60 Å². The molecule has 0 spiro atoms.